The van der Waals surface area contributed by atoms with Crippen molar-refractivity contribution in [1.29, 1.82) is 0 Å². The van der Waals surface area contributed by atoms with Crippen molar-refractivity contribution in [3.63, 3.8) is 0 Å². The number of unbranched alkanes of at least 4 members (excludes halogenated alkanes) is 15. The van der Waals surface area contributed by atoms with Crippen LogP contribution in [0.5, 0.6) is 0 Å². The van der Waals surface area contributed by atoms with E-state index in [0.717, 1.165) is 36.8 Å². The molecule has 0 bridgehead atoms. The first-order chi connectivity index (χ1) is 14.3. The Kier molecular flexibility index (Phi) is 15.6. The fourth-order valence-corrected chi connectivity index (χ4v) is 5.33. The minimum atomic E-state index is -3.90. The Bertz CT molecular complexity index is 458. The maximum Gasteiger partial charge on any atom is 0.472 e. The van der Waals surface area contributed by atoms with Gasteiger partial charge in [-0.05, 0) is 6.42 Å². The number of quaternary nitrogens is 1. The van der Waals surface area contributed by atoms with Crippen LogP contribution >= 0.6 is 7.82 Å². The lowest BCUT2D eigenvalue weighted by Gasteiger charge is -2.23. The lowest BCUT2D eigenvalue weighted by Crippen LogP contribution is -2.37. The third kappa shape index (κ3) is 15.8. The van der Waals surface area contributed by atoms with E-state index in [1.165, 1.54) is 89.9 Å². The number of hydrogen-bond donors (Lipinski definition) is 1. The summed E-state index contributed by atoms with van der Waals surface area (Å²) in [6, 6.07) is 0. The highest BCUT2D eigenvalue weighted by atomic mass is 31.2. The Morgan fingerprint density at radius 1 is 0.800 bits per heavy atom. The number of rotatable bonds is 20. The smallest absolute Gasteiger partial charge is 0.326 e. The average molecular weight is 449 g/mol. The van der Waals surface area contributed by atoms with Gasteiger partial charge in [0, 0.05) is 6.42 Å². The van der Waals surface area contributed by atoms with Gasteiger partial charge in [-0.1, -0.05) is 103 Å². The molecule has 1 rings (SSSR count). The van der Waals surface area contributed by atoms with Crippen molar-refractivity contribution in [2.45, 2.75) is 122 Å². The number of hydrogen-bond acceptors (Lipinski definition) is 3. The van der Waals surface area contributed by atoms with E-state index in [1.54, 1.807) is 0 Å². The van der Waals surface area contributed by atoms with Crippen LogP contribution in [-0.2, 0) is 13.6 Å². The summed E-state index contributed by atoms with van der Waals surface area (Å²) in [6.07, 6.45) is 21.7. The zero-order valence-corrected chi connectivity index (χ0v) is 21.2. The van der Waals surface area contributed by atoms with Crippen LogP contribution in [0.4, 0.5) is 0 Å². The monoisotopic (exact) mass is 448 g/mol. The maximum atomic E-state index is 12.0. The van der Waals surface area contributed by atoms with Gasteiger partial charge in [0.1, 0.15) is 12.6 Å². The predicted octanol–water partition coefficient (Wildman–Crippen LogP) is 7.23. The summed E-state index contributed by atoms with van der Waals surface area (Å²) in [4.78, 5) is 9.87. The molecule has 1 saturated heterocycles. The fraction of sp³-hybridized carbons (Fsp3) is 1.00. The minimum absolute atomic E-state index is 0.165. The molecule has 0 spiro atoms. The van der Waals surface area contributed by atoms with Crippen molar-refractivity contribution >= 4 is 7.82 Å². The number of phosphoric ester groups is 1. The van der Waals surface area contributed by atoms with Gasteiger partial charge >= 0.3 is 7.82 Å². The molecule has 1 heterocycles. The molecule has 0 saturated carbocycles. The Morgan fingerprint density at radius 2 is 1.23 bits per heavy atom. The average Bonchev–Trinajstić information content (AvgIpc) is 3.01. The second kappa shape index (κ2) is 16.7. The van der Waals surface area contributed by atoms with E-state index in [4.69, 9.17) is 9.05 Å². The standard InChI is InChI=1S/C24H50NO4P/c1-4-5-6-7-8-9-10-11-12-13-14-15-16-17-18-19-22-28-30(26,27)29-24-20-21-25(2,3)23-24/h24H,4-23H2,1-3H3/p+1. The summed E-state index contributed by atoms with van der Waals surface area (Å²) in [7, 11) is 0.330. The summed E-state index contributed by atoms with van der Waals surface area (Å²) < 4.78 is 23.4. The highest BCUT2D eigenvalue weighted by molar-refractivity contribution is 7.47. The largest absolute Gasteiger partial charge is 0.472 e. The molecule has 180 valence electrons. The van der Waals surface area contributed by atoms with Gasteiger partial charge in [-0.15, -0.1) is 0 Å². The zero-order chi connectivity index (χ0) is 22.1. The summed E-state index contributed by atoms with van der Waals surface area (Å²) in [5.41, 5.74) is 0. The van der Waals surface area contributed by atoms with Crippen molar-refractivity contribution in [3.8, 4) is 0 Å². The SMILES string of the molecule is CCCCCCCCCCCCCCCCCCOP(=O)(O)OC1CC[N+](C)(C)C1. The van der Waals surface area contributed by atoms with Crippen molar-refractivity contribution in [2.75, 3.05) is 33.8 Å². The highest BCUT2D eigenvalue weighted by Crippen LogP contribution is 2.46. The van der Waals surface area contributed by atoms with E-state index >= 15 is 0 Å². The lowest BCUT2D eigenvalue weighted by molar-refractivity contribution is -0.879. The van der Waals surface area contributed by atoms with Gasteiger partial charge in [0.2, 0.25) is 0 Å². The van der Waals surface area contributed by atoms with Crippen LogP contribution in [0.25, 0.3) is 0 Å². The van der Waals surface area contributed by atoms with Gasteiger partial charge in [-0.2, -0.15) is 0 Å². The third-order valence-corrected chi connectivity index (χ3v) is 7.36. The molecular weight excluding hydrogens is 397 g/mol. The molecule has 1 aliphatic heterocycles. The van der Waals surface area contributed by atoms with E-state index in [2.05, 4.69) is 21.0 Å². The molecule has 0 aliphatic carbocycles. The van der Waals surface area contributed by atoms with Gasteiger partial charge in [-0.25, -0.2) is 4.57 Å². The van der Waals surface area contributed by atoms with Gasteiger partial charge in [0.25, 0.3) is 0 Å². The predicted molar refractivity (Wildman–Crippen MR) is 127 cm³/mol. The first-order valence-corrected chi connectivity index (χ1v) is 14.3. The van der Waals surface area contributed by atoms with Crippen LogP contribution in [0.15, 0.2) is 0 Å². The topological polar surface area (TPSA) is 55.8 Å². The maximum absolute atomic E-state index is 12.0. The van der Waals surface area contributed by atoms with Gasteiger partial charge in [0.15, 0.2) is 0 Å². The van der Waals surface area contributed by atoms with E-state index in [0.29, 0.717) is 6.61 Å². The molecule has 30 heavy (non-hydrogen) atoms. The van der Waals surface area contributed by atoms with E-state index in [9.17, 15) is 9.46 Å². The highest BCUT2D eigenvalue weighted by Gasteiger charge is 2.36. The first kappa shape index (κ1) is 28.1. The molecular formula is C24H51NO4P+. The molecule has 6 heteroatoms. The van der Waals surface area contributed by atoms with E-state index < -0.39 is 7.82 Å². The zero-order valence-electron chi connectivity index (χ0n) is 20.3. The molecule has 0 radical (unpaired) electrons. The van der Waals surface area contributed by atoms with Crippen molar-refractivity contribution in [2.24, 2.45) is 0 Å². The molecule has 0 aromatic heterocycles. The minimum Gasteiger partial charge on any atom is -0.326 e. The second-order valence-corrected chi connectivity index (χ2v) is 11.4. The Morgan fingerprint density at radius 3 is 1.63 bits per heavy atom. The molecule has 5 nitrogen and oxygen atoms in total. The van der Waals surface area contributed by atoms with Crippen LogP contribution < -0.4 is 0 Å². The molecule has 0 aromatic rings. The normalized spacial score (nSPS) is 20.5. The number of likely N-dealkylation sites (tertiary alicyclic amines) is 1. The van der Waals surface area contributed by atoms with E-state index in [-0.39, 0.29) is 6.10 Å². The Balaban J connectivity index is 1.81. The van der Waals surface area contributed by atoms with Crippen molar-refractivity contribution in [3.05, 3.63) is 0 Å². The molecule has 1 aliphatic rings. The van der Waals surface area contributed by atoms with Crippen LogP contribution in [0.2, 0.25) is 0 Å². The lowest BCUT2D eigenvalue weighted by atomic mass is 10.0. The van der Waals surface area contributed by atoms with Crippen molar-refractivity contribution in [1.82, 2.24) is 0 Å². The van der Waals surface area contributed by atoms with Gasteiger partial charge < -0.3 is 9.38 Å². The number of likely N-dealkylation sites (N-methyl/N-ethyl adjacent to an activating group) is 1. The molecule has 0 aromatic carbocycles. The summed E-state index contributed by atoms with van der Waals surface area (Å²) in [5.74, 6) is 0. The molecule has 1 fully saturated rings. The van der Waals surface area contributed by atoms with E-state index in [1.807, 2.05) is 0 Å². The number of phosphoric acid groups is 1. The van der Waals surface area contributed by atoms with Crippen molar-refractivity contribution < 1.29 is 23.0 Å². The first-order valence-electron chi connectivity index (χ1n) is 12.8. The quantitative estimate of drug-likeness (QED) is 0.121. The summed E-state index contributed by atoms with van der Waals surface area (Å²) in [6.45, 7) is 4.34. The Hall–Kier alpha value is 0.0700. The van der Waals surface area contributed by atoms with Gasteiger partial charge in [0.05, 0.1) is 27.2 Å². The van der Waals surface area contributed by atoms with Crippen LogP contribution in [-0.4, -0.2) is 49.3 Å². The van der Waals surface area contributed by atoms with Crippen LogP contribution in [0.3, 0.4) is 0 Å². The fourth-order valence-electron chi connectivity index (χ4n) is 4.36. The van der Waals surface area contributed by atoms with Crippen LogP contribution in [0.1, 0.15) is 116 Å². The molecule has 2 unspecified atom stereocenters. The second-order valence-electron chi connectivity index (χ2n) is 9.96. The molecule has 0 amide bonds. The number of nitrogens with zero attached hydrogens (tertiary/aromatic N) is 1. The summed E-state index contributed by atoms with van der Waals surface area (Å²) >= 11 is 0. The molecule has 1 N–H and O–H groups in total. The third-order valence-electron chi connectivity index (χ3n) is 6.29. The van der Waals surface area contributed by atoms with Crippen LogP contribution in [0, 0.1) is 0 Å². The molecule has 2 atom stereocenters. The Labute approximate surface area is 187 Å². The van der Waals surface area contributed by atoms with Gasteiger partial charge in [-0.3, -0.25) is 9.05 Å². The summed E-state index contributed by atoms with van der Waals surface area (Å²) in [5, 5.41) is 0.